The minimum absolute atomic E-state index is 1.18. The van der Waals surface area contributed by atoms with E-state index in [1.54, 1.807) is 5.82 Å². The fraction of sp³-hybridized carbons (Fsp3) is 0.900. The van der Waals surface area contributed by atoms with Gasteiger partial charge < -0.3 is 0 Å². The number of aromatic nitrogens is 2. The van der Waals surface area contributed by atoms with Crippen molar-refractivity contribution in [3.8, 4) is 0 Å². The summed E-state index contributed by atoms with van der Waals surface area (Å²) in [7, 11) is 0. The van der Waals surface area contributed by atoms with Gasteiger partial charge in [-0.1, -0.05) is 130 Å². The van der Waals surface area contributed by atoms with Gasteiger partial charge in [0.2, 0.25) is 0 Å². The summed E-state index contributed by atoms with van der Waals surface area (Å²) in [4.78, 5) is 0. The lowest BCUT2D eigenvalue weighted by molar-refractivity contribution is -0.704. The van der Waals surface area contributed by atoms with Crippen molar-refractivity contribution < 1.29 is 4.57 Å². The van der Waals surface area contributed by atoms with Crippen molar-refractivity contribution >= 4 is 0 Å². The molecule has 2 heteroatoms. The topological polar surface area (TPSA) is 8.81 Å². The summed E-state index contributed by atoms with van der Waals surface area (Å²) < 4.78 is 5.11. The van der Waals surface area contributed by atoms with Crippen LogP contribution in [0.2, 0.25) is 0 Å². The van der Waals surface area contributed by atoms with Gasteiger partial charge >= 0.3 is 0 Å². The Morgan fingerprint density at radius 2 is 0.969 bits per heavy atom. The molecule has 0 radical (unpaired) electrons. The SMILES string of the molecule is CCCCCCCCCCCCC[n+]1ccn(CCC)c1CCCCCCCCCCC. The third kappa shape index (κ3) is 15.1. The lowest BCUT2D eigenvalue weighted by atomic mass is 10.1. The number of imidazole rings is 1. The van der Waals surface area contributed by atoms with Gasteiger partial charge in [-0.15, -0.1) is 0 Å². The summed E-state index contributed by atoms with van der Waals surface area (Å²) in [5.41, 5.74) is 0. The van der Waals surface area contributed by atoms with E-state index in [0.29, 0.717) is 0 Å². The largest absolute Gasteiger partial charge is 0.256 e. The molecule has 0 aromatic carbocycles. The average Bonchev–Trinajstić information content (AvgIpc) is 3.18. The Bertz CT molecular complexity index is 505. The molecule has 0 aliphatic carbocycles. The lowest BCUT2D eigenvalue weighted by Crippen LogP contribution is -2.37. The van der Waals surface area contributed by atoms with Gasteiger partial charge in [0.15, 0.2) is 0 Å². The van der Waals surface area contributed by atoms with E-state index in [1.807, 2.05) is 0 Å². The van der Waals surface area contributed by atoms with Gasteiger partial charge in [0.1, 0.15) is 12.4 Å². The second-order valence-electron chi connectivity index (χ2n) is 10.2. The van der Waals surface area contributed by atoms with Crippen LogP contribution in [-0.4, -0.2) is 4.57 Å². The van der Waals surface area contributed by atoms with E-state index in [1.165, 1.54) is 154 Å². The van der Waals surface area contributed by atoms with Gasteiger partial charge in [0.25, 0.3) is 5.82 Å². The highest BCUT2D eigenvalue weighted by Crippen LogP contribution is 2.13. The summed E-state index contributed by atoms with van der Waals surface area (Å²) >= 11 is 0. The molecule has 1 rings (SSSR count). The van der Waals surface area contributed by atoms with Crippen molar-refractivity contribution in [2.45, 2.75) is 175 Å². The van der Waals surface area contributed by atoms with Crippen molar-refractivity contribution in [1.29, 1.82) is 0 Å². The van der Waals surface area contributed by atoms with E-state index in [2.05, 4.69) is 42.3 Å². The molecule has 0 saturated heterocycles. The molecule has 0 unspecified atom stereocenters. The van der Waals surface area contributed by atoms with E-state index in [-0.39, 0.29) is 0 Å². The van der Waals surface area contributed by atoms with Crippen LogP contribution in [0.4, 0.5) is 0 Å². The summed E-state index contributed by atoms with van der Waals surface area (Å²) in [6.45, 7) is 9.31. The van der Waals surface area contributed by atoms with Gasteiger partial charge in [-0.25, -0.2) is 9.13 Å². The highest BCUT2D eigenvalue weighted by molar-refractivity contribution is 4.84. The Hall–Kier alpha value is -0.790. The molecule has 0 aliphatic heterocycles. The van der Waals surface area contributed by atoms with Gasteiger partial charge in [-0.3, -0.25) is 0 Å². The van der Waals surface area contributed by atoms with E-state index >= 15 is 0 Å². The molecule has 0 saturated carbocycles. The Labute approximate surface area is 202 Å². The first kappa shape index (κ1) is 29.2. The average molecular weight is 448 g/mol. The number of nitrogens with zero attached hydrogens (tertiary/aromatic N) is 2. The normalized spacial score (nSPS) is 11.5. The fourth-order valence-electron chi connectivity index (χ4n) is 4.97. The van der Waals surface area contributed by atoms with Crippen LogP contribution >= 0.6 is 0 Å². The molecule has 188 valence electrons. The Morgan fingerprint density at radius 3 is 1.44 bits per heavy atom. The summed E-state index contributed by atoms with van der Waals surface area (Å²) in [6, 6.07) is 0. The quantitative estimate of drug-likeness (QED) is 0.110. The molecule has 0 bridgehead atoms. The molecule has 1 aromatic heterocycles. The molecule has 0 fully saturated rings. The van der Waals surface area contributed by atoms with Crippen LogP contribution in [0.25, 0.3) is 0 Å². The standard InChI is InChI=1S/C30H59N2/c1-4-7-9-11-13-15-16-18-20-22-24-27-32-29-28-31(26-6-3)30(32)25-23-21-19-17-14-12-10-8-5-2/h28-29H,4-27H2,1-3H3/q+1. The van der Waals surface area contributed by atoms with E-state index < -0.39 is 0 Å². The molecular formula is C30H59N2+. The number of rotatable bonds is 24. The summed E-state index contributed by atoms with van der Waals surface area (Å²) in [5.74, 6) is 1.59. The first-order valence-electron chi connectivity index (χ1n) is 14.9. The Balaban J connectivity index is 2.16. The molecule has 1 heterocycles. The first-order valence-corrected chi connectivity index (χ1v) is 14.9. The number of unbranched alkanes of at least 4 members (excludes halogenated alkanes) is 18. The highest BCUT2D eigenvalue weighted by atomic mass is 15.1. The number of hydrogen-bond acceptors (Lipinski definition) is 0. The van der Waals surface area contributed by atoms with Crippen molar-refractivity contribution in [2.75, 3.05) is 0 Å². The molecular weight excluding hydrogens is 388 g/mol. The third-order valence-corrected chi connectivity index (χ3v) is 7.06. The summed E-state index contributed by atoms with van der Waals surface area (Å²) in [6.07, 6.45) is 35.7. The van der Waals surface area contributed by atoms with Crippen molar-refractivity contribution in [2.24, 2.45) is 0 Å². The molecule has 0 N–H and O–H groups in total. The minimum atomic E-state index is 1.18. The van der Waals surface area contributed by atoms with Crippen LogP contribution in [0.5, 0.6) is 0 Å². The maximum atomic E-state index is 2.58. The van der Waals surface area contributed by atoms with Crippen LogP contribution in [0, 0.1) is 0 Å². The monoisotopic (exact) mass is 447 g/mol. The van der Waals surface area contributed by atoms with Crippen molar-refractivity contribution in [3.63, 3.8) is 0 Å². The minimum Gasteiger partial charge on any atom is -0.234 e. The van der Waals surface area contributed by atoms with E-state index in [4.69, 9.17) is 0 Å². The van der Waals surface area contributed by atoms with E-state index in [0.717, 1.165) is 0 Å². The van der Waals surface area contributed by atoms with Crippen LogP contribution in [-0.2, 0) is 19.5 Å². The Kier molecular flexibility index (Phi) is 20.1. The lowest BCUT2D eigenvalue weighted by Gasteiger charge is -2.06. The second-order valence-corrected chi connectivity index (χ2v) is 10.2. The fourth-order valence-corrected chi connectivity index (χ4v) is 4.97. The first-order chi connectivity index (χ1) is 15.8. The zero-order valence-electron chi connectivity index (χ0n) is 22.5. The number of aryl methyl sites for hydroxylation is 2. The van der Waals surface area contributed by atoms with Crippen LogP contribution in [0.1, 0.15) is 161 Å². The van der Waals surface area contributed by atoms with Crippen LogP contribution in [0.3, 0.4) is 0 Å². The maximum absolute atomic E-state index is 2.58. The molecule has 0 atom stereocenters. The molecule has 0 aliphatic rings. The molecule has 0 spiro atoms. The highest BCUT2D eigenvalue weighted by Gasteiger charge is 2.15. The molecule has 32 heavy (non-hydrogen) atoms. The molecule has 1 aromatic rings. The predicted octanol–water partition coefficient (Wildman–Crippen LogP) is 9.57. The zero-order valence-corrected chi connectivity index (χ0v) is 22.5. The number of hydrogen-bond donors (Lipinski definition) is 0. The van der Waals surface area contributed by atoms with Gasteiger partial charge in [0.05, 0.1) is 13.1 Å². The molecule has 0 amide bonds. The molecule has 2 nitrogen and oxygen atoms in total. The van der Waals surface area contributed by atoms with Crippen molar-refractivity contribution in [1.82, 2.24) is 4.57 Å². The summed E-state index contributed by atoms with van der Waals surface area (Å²) in [5, 5.41) is 0. The third-order valence-electron chi connectivity index (χ3n) is 7.06. The van der Waals surface area contributed by atoms with Crippen molar-refractivity contribution in [3.05, 3.63) is 18.2 Å². The smallest absolute Gasteiger partial charge is 0.234 e. The van der Waals surface area contributed by atoms with E-state index in [9.17, 15) is 0 Å². The predicted molar refractivity (Wildman–Crippen MR) is 142 cm³/mol. The van der Waals surface area contributed by atoms with Gasteiger partial charge in [-0.2, -0.15) is 0 Å². The van der Waals surface area contributed by atoms with Gasteiger partial charge in [0, 0.05) is 6.42 Å². The van der Waals surface area contributed by atoms with Crippen LogP contribution in [0.15, 0.2) is 12.4 Å². The van der Waals surface area contributed by atoms with Gasteiger partial charge in [-0.05, 0) is 25.7 Å². The second kappa shape index (κ2) is 22.0. The maximum Gasteiger partial charge on any atom is 0.256 e. The zero-order chi connectivity index (χ0) is 23.1. The van der Waals surface area contributed by atoms with Crippen LogP contribution < -0.4 is 4.57 Å². The Morgan fingerprint density at radius 1 is 0.531 bits per heavy atom.